The summed E-state index contributed by atoms with van der Waals surface area (Å²) < 4.78 is 32.3. The topological polar surface area (TPSA) is 160 Å². The first-order chi connectivity index (χ1) is 12.5. The Morgan fingerprint density at radius 3 is 2.44 bits per heavy atom. The van der Waals surface area contributed by atoms with Crippen LogP contribution in [0.2, 0.25) is 0 Å². The van der Waals surface area contributed by atoms with E-state index in [2.05, 4.69) is 20.3 Å². The molecule has 0 bridgehead atoms. The Hall–Kier alpha value is -2.55. The number of ether oxygens (including phenoxy) is 1. The minimum absolute atomic E-state index is 0.0673. The van der Waals surface area contributed by atoms with Gasteiger partial charge in [-0.25, -0.2) is 22.7 Å². The standard InChI is InChI=1S/C14H14IN5O6S/c1-6-9(15)5-4-8(11(21)22)10(6)27(24,25)20-13(23)18-12-16-7(2)17-14(19-12)26-3/h4-5H,1-3H3,(H,21,22)(H2,16,17,18,19,20,23). The molecule has 0 aliphatic heterocycles. The van der Waals surface area contributed by atoms with Crippen molar-refractivity contribution in [2.75, 3.05) is 12.4 Å². The highest BCUT2D eigenvalue weighted by Crippen LogP contribution is 2.25. The number of anilines is 1. The first-order valence-corrected chi connectivity index (χ1v) is 9.74. The van der Waals surface area contributed by atoms with Gasteiger partial charge in [-0.2, -0.15) is 15.0 Å². The highest BCUT2D eigenvalue weighted by atomic mass is 127. The third-order valence-corrected chi connectivity index (χ3v) is 5.89. The molecule has 144 valence electrons. The maximum Gasteiger partial charge on any atom is 0.337 e. The van der Waals surface area contributed by atoms with Crippen LogP contribution in [0.25, 0.3) is 0 Å². The first-order valence-electron chi connectivity index (χ1n) is 7.18. The van der Waals surface area contributed by atoms with Crippen molar-refractivity contribution in [1.82, 2.24) is 19.7 Å². The number of benzene rings is 1. The van der Waals surface area contributed by atoms with Crippen molar-refractivity contribution in [3.63, 3.8) is 0 Å². The van der Waals surface area contributed by atoms with E-state index in [-0.39, 0.29) is 23.3 Å². The molecule has 0 aliphatic rings. The van der Waals surface area contributed by atoms with Crippen LogP contribution in [0.4, 0.5) is 10.7 Å². The van der Waals surface area contributed by atoms with Crippen LogP contribution in [0.15, 0.2) is 17.0 Å². The molecule has 1 aromatic heterocycles. The van der Waals surface area contributed by atoms with Gasteiger partial charge in [-0.05, 0) is 54.1 Å². The van der Waals surface area contributed by atoms with Gasteiger partial charge in [0.1, 0.15) is 10.7 Å². The summed E-state index contributed by atoms with van der Waals surface area (Å²) in [5.41, 5.74) is -0.251. The molecule has 13 heteroatoms. The van der Waals surface area contributed by atoms with E-state index in [9.17, 15) is 23.1 Å². The normalized spacial score (nSPS) is 11.0. The van der Waals surface area contributed by atoms with E-state index in [1.54, 1.807) is 4.72 Å². The van der Waals surface area contributed by atoms with Crippen molar-refractivity contribution in [3.8, 4) is 6.01 Å². The number of sulfonamides is 1. The maximum atomic E-state index is 12.6. The Morgan fingerprint density at radius 2 is 1.85 bits per heavy atom. The lowest BCUT2D eigenvalue weighted by Gasteiger charge is -2.13. The van der Waals surface area contributed by atoms with Crippen molar-refractivity contribution in [2.24, 2.45) is 0 Å². The van der Waals surface area contributed by atoms with Crippen LogP contribution in [0, 0.1) is 17.4 Å². The number of carbonyl (C=O) groups is 2. The summed E-state index contributed by atoms with van der Waals surface area (Å²) in [5, 5.41) is 11.4. The number of carbonyl (C=O) groups excluding carboxylic acids is 1. The lowest BCUT2D eigenvalue weighted by atomic mass is 10.1. The van der Waals surface area contributed by atoms with Gasteiger partial charge in [0.05, 0.1) is 12.7 Å². The number of methoxy groups -OCH3 is 1. The van der Waals surface area contributed by atoms with E-state index in [1.807, 2.05) is 22.6 Å². The lowest BCUT2D eigenvalue weighted by Crippen LogP contribution is -2.36. The minimum Gasteiger partial charge on any atom is -0.478 e. The summed E-state index contributed by atoms with van der Waals surface area (Å²) in [5.74, 6) is -1.43. The predicted octanol–water partition coefficient (Wildman–Crippen LogP) is 1.31. The maximum absolute atomic E-state index is 12.6. The summed E-state index contributed by atoms with van der Waals surface area (Å²) in [7, 11) is -3.17. The number of hydrogen-bond acceptors (Lipinski definition) is 8. The fourth-order valence-electron chi connectivity index (χ4n) is 2.09. The van der Waals surface area contributed by atoms with Gasteiger partial charge >= 0.3 is 18.0 Å². The average molecular weight is 507 g/mol. The largest absolute Gasteiger partial charge is 0.478 e. The monoisotopic (exact) mass is 507 g/mol. The van der Waals surface area contributed by atoms with Crippen molar-refractivity contribution in [2.45, 2.75) is 18.7 Å². The Bertz CT molecular complexity index is 1030. The molecule has 0 saturated carbocycles. The van der Waals surface area contributed by atoms with Gasteiger partial charge in [0.25, 0.3) is 10.0 Å². The zero-order valence-corrected chi connectivity index (χ0v) is 17.2. The fraction of sp³-hybridized carbons (Fsp3) is 0.214. The van der Waals surface area contributed by atoms with Gasteiger partial charge in [-0.3, -0.25) is 5.32 Å². The van der Waals surface area contributed by atoms with Gasteiger partial charge in [-0.15, -0.1) is 0 Å². The molecular formula is C14H14IN5O6S. The van der Waals surface area contributed by atoms with Crippen LogP contribution >= 0.6 is 22.6 Å². The Morgan fingerprint density at radius 1 is 1.19 bits per heavy atom. The van der Waals surface area contributed by atoms with E-state index in [0.717, 1.165) is 6.07 Å². The van der Waals surface area contributed by atoms with Crippen LogP contribution in [0.5, 0.6) is 6.01 Å². The zero-order valence-electron chi connectivity index (χ0n) is 14.3. The number of rotatable bonds is 5. The van der Waals surface area contributed by atoms with Gasteiger partial charge in [0, 0.05) is 3.57 Å². The van der Waals surface area contributed by atoms with Gasteiger partial charge < -0.3 is 9.84 Å². The number of halogens is 1. The third kappa shape index (κ3) is 4.79. The molecule has 2 amide bonds. The van der Waals surface area contributed by atoms with Crippen molar-refractivity contribution in [3.05, 3.63) is 32.7 Å². The summed E-state index contributed by atoms with van der Waals surface area (Å²) in [6.45, 7) is 2.97. The molecule has 0 aliphatic carbocycles. The highest BCUT2D eigenvalue weighted by Gasteiger charge is 2.28. The van der Waals surface area contributed by atoms with E-state index < -0.39 is 32.5 Å². The summed E-state index contributed by atoms with van der Waals surface area (Å²) in [6.07, 6.45) is 0. The third-order valence-electron chi connectivity index (χ3n) is 3.20. The number of hydrogen-bond donors (Lipinski definition) is 3. The fourth-order valence-corrected chi connectivity index (χ4v) is 4.07. The Kier molecular flexibility index (Phi) is 6.15. The van der Waals surface area contributed by atoms with Crippen molar-refractivity contribution in [1.29, 1.82) is 0 Å². The van der Waals surface area contributed by atoms with E-state index >= 15 is 0 Å². The number of nitrogens with zero attached hydrogens (tertiary/aromatic N) is 3. The molecule has 0 saturated heterocycles. The number of carboxylic acids is 1. The molecule has 0 unspecified atom stereocenters. The Balaban J connectivity index is 2.34. The van der Waals surface area contributed by atoms with Gasteiger partial charge in [0.2, 0.25) is 5.95 Å². The van der Waals surface area contributed by atoms with E-state index in [0.29, 0.717) is 3.57 Å². The van der Waals surface area contributed by atoms with Gasteiger partial charge in [-0.1, -0.05) is 0 Å². The predicted molar refractivity (Wildman–Crippen MR) is 101 cm³/mol. The SMILES string of the molecule is COc1nc(C)nc(NC(=O)NS(=O)(=O)c2c(C(=O)O)ccc(I)c2C)n1. The average Bonchev–Trinajstić information content (AvgIpc) is 2.55. The quantitative estimate of drug-likeness (QED) is 0.507. The second-order valence-corrected chi connectivity index (χ2v) is 7.89. The number of aromatic carboxylic acids is 1. The number of amides is 2. The van der Waals surface area contributed by atoms with E-state index in [4.69, 9.17) is 4.74 Å². The number of urea groups is 1. The molecule has 1 aromatic carbocycles. The lowest BCUT2D eigenvalue weighted by molar-refractivity contribution is 0.0692. The number of aromatic nitrogens is 3. The van der Waals surface area contributed by atoms with Crippen LogP contribution in [-0.2, 0) is 10.0 Å². The highest BCUT2D eigenvalue weighted by molar-refractivity contribution is 14.1. The molecule has 2 rings (SSSR count). The Labute approximate surface area is 167 Å². The summed E-state index contributed by atoms with van der Waals surface area (Å²) >= 11 is 1.87. The second kappa shape index (κ2) is 7.99. The smallest absolute Gasteiger partial charge is 0.337 e. The number of carboxylic acid groups (broad SMARTS) is 1. The summed E-state index contributed by atoms with van der Waals surface area (Å²) in [4.78, 5) is 34.4. The van der Waals surface area contributed by atoms with Crippen LogP contribution in [-0.4, -0.2) is 47.6 Å². The van der Waals surface area contributed by atoms with Crippen LogP contribution < -0.4 is 14.8 Å². The molecule has 3 N–H and O–H groups in total. The molecule has 11 nitrogen and oxygen atoms in total. The van der Waals surface area contributed by atoms with Crippen LogP contribution in [0.1, 0.15) is 21.7 Å². The number of aryl methyl sites for hydroxylation is 1. The summed E-state index contributed by atoms with van der Waals surface area (Å²) in [6, 6.07) is 1.39. The van der Waals surface area contributed by atoms with Crippen molar-refractivity contribution < 1.29 is 27.9 Å². The minimum atomic E-state index is -4.48. The molecule has 0 atom stereocenters. The van der Waals surface area contributed by atoms with Crippen LogP contribution in [0.3, 0.4) is 0 Å². The van der Waals surface area contributed by atoms with Gasteiger partial charge in [0.15, 0.2) is 0 Å². The molecule has 0 fully saturated rings. The van der Waals surface area contributed by atoms with E-state index in [1.165, 1.54) is 27.0 Å². The second-order valence-electron chi connectivity index (χ2n) is 5.11. The molecule has 1 heterocycles. The molecular weight excluding hydrogens is 493 g/mol. The zero-order chi connectivity index (χ0) is 20.4. The molecule has 0 radical (unpaired) electrons. The molecule has 0 spiro atoms. The molecule has 27 heavy (non-hydrogen) atoms. The molecule has 2 aromatic rings. The first kappa shape index (κ1) is 20.8. The van der Waals surface area contributed by atoms with Crippen molar-refractivity contribution >= 4 is 50.6 Å². The number of nitrogens with one attached hydrogen (secondary N) is 2.